The molecule has 0 unspecified atom stereocenters. The molecule has 0 radical (unpaired) electrons. The lowest BCUT2D eigenvalue weighted by atomic mass is 9.67. The molecule has 2 N–H and O–H groups in total. The van der Waals surface area contributed by atoms with Crippen molar-refractivity contribution in [3.63, 3.8) is 0 Å². The highest BCUT2D eigenvalue weighted by Crippen LogP contribution is 2.55. The molecular weight excluding hydrogens is 392 g/mol. The Morgan fingerprint density at radius 2 is 1.81 bits per heavy atom. The van der Waals surface area contributed by atoms with Crippen molar-refractivity contribution in [3.05, 3.63) is 23.8 Å². The van der Waals surface area contributed by atoms with Gasteiger partial charge < -0.3 is 20.1 Å². The lowest BCUT2D eigenvalue weighted by Gasteiger charge is -2.45. The molecule has 4 fully saturated rings. The van der Waals surface area contributed by atoms with Gasteiger partial charge in [0, 0.05) is 29.8 Å². The zero-order valence-corrected chi connectivity index (χ0v) is 18.6. The van der Waals surface area contributed by atoms with Gasteiger partial charge in [-0.2, -0.15) is 0 Å². The second kappa shape index (κ2) is 8.03. The summed E-state index contributed by atoms with van der Waals surface area (Å²) in [5, 5.41) is 6.71. The molecule has 1 saturated heterocycles. The summed E-state index contributed by atoms with van der Waals surface area (Å²) in [5.74, 6) is 3.43. The summed E-state index contributed by atoms with van der Waals surface area (Å²) in [7, 11) is 3.28. The first kappa shape index (κ1) is 20.7. The Morgan fingerprint density at radius 3 is 2.45 bits per heavy atom. The topological polar surface area (TPSA) is 76.7 Å². The number of hydrogen-bond donors (Lipinski definition) is 2. The predicted octanol–water partition coefficient (Wildman–Crippen LogP) is 3.54. The van der Waals surface area contributed by atoms with E-state index >= 15 is 0 Å². The molecule has 0 bridgehead atoms. The van der Waals surface area contributed by atoms with Crippen molar-refractivity contribution in [2.45, 2.75) is 75.3 Å². The molecule has 5 atom stereocenters. The van der Waals surface area contributed by atoms with Crippen LogP contribution in [0.5, 0.6) is 11.5 Å². The molecule has 2 amide bonds. The van der Waals surface area contributed by atoms with Gasteiger partial charge in [-0.25, -0.2) is 0 Å². The normalized spacial score (nSPS) is 36.5. The van der Waals surface area contributed by atoms with Gasteiger partial charge in [0.05, 0.1) is 14.2 Å². The minimum Gasteiger partial charge on any atom is -0.493 e. The van der Waals surface area contributed by atoms with Crippen LogP contribution in [0.25, 0.3) is 0 Å². The predicted molar refractivity (Wildman–Crippen MR) is 117 cm³/mol. The highest BCUT2D eigenvalue weighted by atomic mass is 16.5. The fraction of sp³-hybridized carbons (Fsp3) is 0.680. The third-order valence-electron chi connectivity index (χ3n) is 8.43. The largest absolute Gasteiger partial charge is 0.493 e. The highest BCUT2D eigenvalue weighted by Gasteiger charge is 2.55. The van der Waals surface area contributed by atoms with Crippen LogP contribution in [0, 0.1) is 17.8 Å². The SMILES string of the molecule is COc1ccc([C@H]2C[C@@H](NC(=O)C3[C@@H]4CCCC[C@@H]34)CC[C@]23CCC(=O)N3)cc1OC. The standard InChI is InChI=1S/C25H34N2O4/c1-30-20-8-7-15(13-21(20)31-2)19-14-16(9-11-25(19)12-10-22(28)27-25)26-24(29)23-17-5-3-4-6-18(17)23/h7-8,13,16-19,23H,3-6,9-12,14H2,1-2H3,(H,26,29)(H,27,28)/t16-,17+,18+,19+,25-/m0/s1. The summed E-state index contributed by atoms with van der Waals surface area (Å²) in [5.41, 5.74) is 0.907. The van der Waals surface area contributed by atoms with Crippen LogP contribution in [0.15, 0.2) is 18.2 Å². The summed E-state index contributed by atoms with van der Waals surface area (Å²) >= 11 is 0. The van der Waals surface area contributed by atoms with Crippen LogP contribution in [-0.4, -0.2) is 37.6 Å². The molecule has 1 aliphatic heterocycles. The van der Waals surface area contributed by atoms with E-state index < -0.39 is 0 Å². The molecule has 1 spiro atoms. The van der Waals surface area contributed by atoms with Crippen LogP contribution < -0.4 is 20.1 Å². The zero-order valence-electron chi connectivity index (χ0n) is 18.6. The fourth-order valence-corrected chi connectivity index (χ4v) is 6.76. The maximum absolute atomic E-state index is 13.0. The number of methoxy groups -OCH3 is 2. The summed E-state index contributed by atoms with van der Waals surface area (Å²) in [6.45, 7) is 0. The van der Waals surface area contributed by atoms with Crippen molar-refractivity contribution >= 4 is 11.8 Å². The summed E-state index contributed by atoms with van der Waals surface area (Å²) in [6.07, 6.45) is 9.05. The van der Waals surface area contributed by atoms with E-state index in [9.17, 15) is 9.59 Å². The number of fused-ring (bicyclic) bond motifs is 1. The first-order chi connectivity index (χ1) is 15.0. The zero-order chi connectivity index (χ0) is 21.6. The lowest BCUT2D eigenvalue weighted by Crippen LogP contribution is -2.54. The Morgan fingerprint density at radius 1 is 1.06 bits per heavy atom. The van der Waals surface area contributed by atoms with Gasteiger partial charge in [0.1, 0.15) is 0 Å². The van der Waals surface area contributed by atoms with Crippen LogP contribution >= 0.6 is 0 Å². The van der Waals surface area contributed by atoms with Crippen LogP contribution in [0.1, 0.15) is 69.3 Å². The smallest absolute Gasteiger partial charge is 0.223 e. The molecule has 5 rings (SSSR count). The molecule has 1 heterocycles. The lowest BCUT2D eigenvalue weighted by molar-refractivity contribution is -0.124. The monoisotopic (exact) mass is 426 g/mol. The van der Waals surface area contributed by atoms with E-state index in [-0.39, 0.29) is 35.2 Å². The number of benzene rings is 1. The van der Waals surface area contributed by atoms with Gasteiger partial charge in [0.25, 0.3) is 0 Å². The Bertz CT molecular complexity index is 859. The minimum atomic E-state index is -0.231. The molecule has 6 heteroatoms. The molecule has 168 valence electrons. The number of carbonyl (C=O) groups is 2. The quantitative estimate of drug-likeness (QED) is 0.755. The van der Waals surface area contributed by atoms with E-state index in [0.29, 0.717) is 29.8 Å². The van der Waals surface area contributed by atoms with E-state index in [1.165, 1.54) is 25.7 Å². The van der Waals surface area contributed by atoms with E-state index in [2.05, 4.69) is 16.7 Å². The van der Waals surface area contributed by atoms with Gasteiger partial charge in [-0.3, -0.25) is 9.59 Å². The third-order valence-corrected chi connectivity index (χ3v) is 8.43. The number of carbonyl (C=O) groups excluding carboxylic acids is 2. The van der Waals surface area contributed by atoms with Gasteiger partial charge in [-0.05, 0) is 68.1 Å². The van der Waals surface area contributed by atoms with Crippen molar-refractivity contribution < 1.29 is 19.1 Å². The minimum absolute atomic E-state index is 0.134. The second-order valence-corrected chi connectivity index (χ2v) is 9.99. The third kappa shape index (κ3) is 3.68. The van der Waals surface area contributed by atoms with Gasteiger partial charge >= 0.3 is 0 Å². The molecule has 4 aliphatic rings. The highest BCUT2D eigenvalue weighted by molar-refractivity contribution is 5.83. The number of nitrogens with one attached hydrogen (secondary N) is 2. The van der Waals surface area contributed by atoms with Crippen molar-refractivity contribution in [2.24, 2.45) is 17.8 Å². The summed E-state index contributed by atoms with van der Waals surface area (Å²) < 4.78 is 11.0. The molecular formula is C25H34N2O4. The van der Waals surface area contributed by atoms with Gasteiger partial charge in [-0.15, -0.1) is 0 Å². The Balaban J connectivity index is 1.35. The van der Waals surface area contributed by atoms with E-state index in [0.717, 1.165) is 31.2 Å². The van der Waals surface area contributed by atoms with Gasteiger partial charge in [-0.1, -0.05) is 18.9 Å². The van der Waals surface area contributed by atoms with Crippen molar-refractivity contribution in [1.29, 1.82) is 0 Å². The molecule has 6 nitrogen and oxygen atoms in total. The maximum Gasteiger partial charge on any atom is 0.223 e. The van der Waals surface area contributed by atoms with E-state index in [1.807, 2.05) is 12.1 Å². The van der Waals surface area contributed by atoms with Gasteiger partial charge in [0.15, 0.2) is 11.5 Å². The Kier molecular flexibility index (Phi) is 5.35. The van der Waals surface area contributed by atoms with Crippen LogP contribution in [0.3, 0.4) is 0 Å². The van der Waals surface area contributed by atoms with E-state index in [1.54, 1.807) is 14.2 Å². The molecule has 0 aromatic heterocycles. The summed E-state index contributed by atoms with van der Waals surface area (Å²) in [6, 6.07) is 6.21. The maximum atomic E-state index is 13.0. The average Bonchev–Trinajstić information content (AvgIpc) is 3.42. The summed E-state index contributed by atoms with van der Waals surface area (Å²) in [4.78, 5) is 25.2. The number of amides is 2. The first-order valence-corrected chi connectivity index (χ1v) is 11.9. The molecule has 31 heavy (non-hydrogen) atoms. The number of hydrogen-bond acceptors (Lipinski definition) is 4. The average molecular weight is 427 g/mol. The first-order valence-electron chi connectivity index (χ1n) is 11.9. The van der Waals surface area contributed by atoms with Crippen molar-refractivity contribution in [3.8, 4) is 11.5 Å². The second-order valence-electron chi connectivity index (χ2n) is 9.99. The number of ether oxygens (including phenoxy) is 2. The van der Waals surface area contributed by atoms with E-state index in [4.69, 9.17) is 9.47 Å². The van der Waals surface area contributed by atoms with Crippen LogP contribution in [0.2, 0.25) is 0 Å². The van der Waals surface area contributed by atoms with Gasteiger partial charge in [0.2, 0.25) is 11.8 Å². The fourth-order valence-electron chi connectivity index (χ4n) is 6.76. The molecule has 1 aromatic rings. The van der Waals surface area contributed by atoms with Crippen LogP contribution in [-0.2, 0) is 9.59 Å². The molecule has 3 saturated carbocycles. The van der Waals surface area contributed by atoms with Crippen LogP contribution in [0.4, 0.5) is 0 Å². The molecule has 1 aromatic carbocycles. The Hall–Kier alpha value is -2.24. The van der Waals surface area contributed by atoms with Crippen molar-refractivity contribution in [2.75, 3.05) is 14.2 Å². The Labute approximate surface area is 184 Å². The molecule has 3 aliphatic carbocycles. The number of rotatable bonds is 5. The van der Waals surface area contributed by atoms with Crippen molar-refractivity contribution in [1.82, 2.24) is 10.6 Å².